The van der Waals surface area contributed by atoms with Crippen molar-refractivity contribution in [3.63, 3.8) is 0 Å². The fourth-order valence-electron chi connectivity index (χ4n) is 0.992. The molecule has 0 amide bonds. The largest absolute Gasteiger partial charge is 0.486 e. The van der Waals surface area contributed by atoms with Crippen molar-refractivity contribution in [2.45, 2.75) is 19.9 Å². The highest BCUT2D eigenvalue weighted by molar-refractivity contribution is 5.26. The highest BCUT2D eigenvalue weighted by Gasteiger charge is 2.13. The highest BCUT2D eigenvalue weighted by atomic mass is 19.1. The van der Waals surface area contributed by atoms with E-state index >= 15 is 0 Å². The van der Waals surface area contributed by atoms with Crippen LogP contribution in [0.4, 0.5) is 8.78 Å². The Morgan fingerprint density at radius 3 is 2.27 bits per heavy atom. The second kappa shape index (κ2) is 5.07. The minimum absolute atomic E-state index is 0.107. The first-order chi connectivity index (χ1) is 7.02. The zero-order chi connectivity index (χ0) is 11.4. The molecule has 2 N–H and O–H groups in total. The summed E-state index contributed by atoms with van der Waals surface area (Å²) in [6.07, 6.45) is 0. The van der Waals surface area contributed by atoms with Gasteiger partial charge in [-0.05, 0) is 18.1 Å². The number of hydrogen-bond donors (Lipinski definition) is 1. The van der Waals surface area contributed by atoms with Crippen molar-refractivity contribution < 1.29 is 13.5 Å². The average molecular weight is 215 g/mol. The van der Waals surface area contributed by atoms with Crippen LogP contribution in [0, 0.1) is 17.6 Å². The van der Waals surface area contributed by atoms with Gasteiger partial charge in [0.05, 0.1) is 0 Å². The van der Waals surface area contributed by atoms with E-state index in [1.807, 2.05) is 13.8 Å². The maximum Gasteiger partial charge on any atom is 0.190 e. The predicted octanol–water partition coefficient (Wildman–Crippen LogP) is 2.33. The lowest BCUT2D eigenvalue weighted by Gasteiger charge is -2.16. The molecule has 4 heteroatoms. The van der Waals surface area contributed by atoms with Gasteiger partial charge in [-0.15, -0.1) is 0 Å². The van der Waals surface area contributed by atoms with Crippen LogP contribution in [0.5, 0.6) is 5.75 Å². The maximum absolute atomic E-state index is 13.1. The molecule has 0 aliphatic carbocycles. The summed E-state index contributed by atoms with van der Waals surface area (Å²) < 4.78 is 31.2. The molecule has 0 saturated carbocycles. The molecule has 0 fully saturated rings. The molecule has 0 aromatic heterocycles. The van der Waals surface area contributed by atoms with Crippen molar-refractivity contribution in [3.05, 3.63) is 29.8 Å². The number of halogens is 2. The van der Waals surface area contributed by atoms with Gasteiger partial charge in [0.1, 0.15) is 6.61 Å². The predicted molar refractivity (Wildman–Crippen MR) is 54.7 cm³/mol. The lowest BCUT2D eigenvalue weighted by Crippen LogP contribution is -2.33. The lowest BCUT2D eigenvalue weighted by molar-refractivity contribution is 0.239. The number of para-hydroxylation sites is 1. The van der Waals surface area contributed by atoms with Crippen LogP contribution in [-0.2, 0) is 0 Å². The van der Waals surface area contributed by atoms with Crippen LogP contribution in [0.2, 0.25) is 0 Å². The summed E-state index contributed by atoms with van der Waals surface area (Å²) in [5.74, 6) is -1.55. The van der Waals surface area contributed by atoms with Crippen LogP contribution >= 0.6 is 0 Å². The molecular formula is C11H15F2NO. The molecule has 0 aliphatic rings. The Bertz CT molecular complexity index is 308. The Kier molecular flexibility index (Phi) is 4.03. The quantitative estimate of drug-likeness (QED) is 0.836. The van der Waals surface area contributed by atoms with Gasteiger partial charge in [0, 0.05) is 6.04 Å². The van der Waals surface area contributed by atoms with Gasteiger partial charge in [0.15, 0.2) is 17.4 Å². The standard InChI is InChI=1S/C11H15F2NO/c1-7(2)10(14)6-15-11-8(12)4-3-5-9(11)13/h3-5,7,10H,6,14H2,1-2H3. The fraction of sp³-hybridized carbons (Fsp3) is 0.455. The molecule has 0 aliphatic heterocycles. The minimum atomic E-state index is -0.703. The molecule has 0 spiro atoms. The van der Waals surface area contributed by atoms with Gasteiger partial charge in [-0.3, -0.25) is 0 Å². The molecule has 1 atom stereocenters. The molecule has 1 unspecified atom stereocenters. The van der Waals surface area contributed by atoms with Crippen LogP contribution in [-0.4, -0.2) is 12.6 Å². The molecule has 84 valence electrons. The van der Waals surface area contributed by atoms with E-state index < -0.39 is 11.6 Å². The van der Waals surface area contributed by atoms with E-state index in [1.165, 1.54) is 6.07 Å². The second-order valence-electron chi connectivity index (χ2n) is 3.77. The van der Waals surface area contributed by atoms with E-state index in [1.54, 1.807) is 0 Å². The SMILES string of the molecule is CC(C)C(N)COc1c(F)cccc1F. The van der Waals surface area contributed by atoms with Gasteiger partial charge >= 0.3 is 0 Å². The van der Waals surface area contributed by atoms with Gasteiger partial charge < -0.3 is 10.5 Å². The molecular weight excluding hydrogens is 200 g/mol. The van der Waals surface area contributed by atoms with E-state index in [0.29, 0.717) is 0 Å². The third-order valence-electron chi connectivity index (χ3n) is 2.20. The molecule has 1 aromatic carbocycles. The zero-order valence-electron chi connectivity index (χ0n) is 8.84. The van der Waals surface area contributed by atoms with Gasteiger partial charge in [-0.1, -0.05) is 19.9 Å². The average Bonchev–Trinajstić information content (AvgIpc) is 2.16. The molecule has 0 heterocycles. The summed E-state index contributed by atoms with van der Waals surface area (Å²) >= 11 is 0. The summed E-state index contributed by atoms with van der Waals surface area (Å²) in [4.78, 5) is 0. The Morgan fingerprint density at radius 2 is 1.80 bits per heavy atom. The van der Waals surface area contributed by atoms with Crippen LogP contribution < -0.4 is 10.5 Å². The van der Waals surface area contributed by atoms with Gasteiger partial charge in [-0.2, -0.15) is 0 Å². The summed E-state index contributed by atoms with van der Waals surface area (Å²) in [7, 11) is 0. The number of benzene rings is 1. The van der Waals surface area contributed by atoms with Crippen LogP contribution in [0.15, 0.2) is 18.2 Å². The number of hydrogen-bond acceptors (Lipinski definition) is 2. The molecule has 1 rings (SSSR count). The van der Waals surface area contributed by atoms with Crippen LogP contribution in [0.3, 0.4) is 0 Å². The second-order valence-corrected chi connectivity index (χ2v) is 3.77. The van der Waals surface area contributed by atoms with Crippen molar-refractivity contribution in [2.75, 3.05) is 6.61 Å². The number of nitrogens with two attached hydrogens (primary N) is 1. The summed E-state index contributed by atoms with van der Waals surface area (Å²) in [5.41, 5.74) is 5.69. The first kappa shape index (κ1) is 11.9. The van der Waals surface area contributed by atoms with E-state index in [4.69, 9.17) is 10.5 Å². The Hall–Kier alpha value is -1.16. The molecule has 15 heavy (non-hydrogen) atoms. The topological polar surface area (TPSA) is 35.2 Å². The summed E-state index contributed by atoms with van der Waals surface area (Å²) in [6, 6.07) is 3.36. The van der Waals surface area contributed by atoms with E-state index in [9.17, 15) is 8.78 Å². The van der Waals surface area contributed by atoms with Crippen LogP contribution in [0.25, 0.3) is 0 Å². The Balaban J connectivity index is 2.65. The molecule has 2 nitrogen and oxygen atoms in total. The first-order valence-electron chi connectivity index (χ1n) is 4.84. The van der Waals surface area contributed by atoms with Crippen LogP contribution in [0.1, 0.15) is 13.8 Å². The lowest BCUT2D eigenvalue weighted by atomic mass is 10.1. The van der Waals surface area contributed by atoms with Crippen molar-refractivity contribution in [2.24, 2.45) is 11.7 Å². The third kappa shape index (κ3) is 3.16. The summed E-state index contributed by atoms with van der Waals surface area (Å²) in [6.45, 7) is 3.95. The normalized spacial score (nSPS) is 12.9. The van der Waals surface area contributed by atoms with Crippen molar-refractivity contribution in [3.8, 4) is 5.75 Å². The fourth-order valence-corrected chi connectivity index (χ4v) is 0.992. The Labute approximate surface area is 88.0 Å². The minimum Gasteiger partial charge on any atom is -0.486 e. The number of ether oxygens (including phenoxy) is 1. The molecule has 0 radical (unpaired) electrons. The van der Waals surface area contributed by atoms with Crippen molar-refractivity contribution in [1.29, 1.82) is 0 Å². The summed E-state index contributed by atoms with van der Waals surface area (Å²) in [5, 5.41) is 0. The van der Waals surface area contributed by atoms with E-state index in [2.05, 4.69) is 0 Å². The maximum atomic E-state index is 13.1. The smallest absolute Gasteiger partial charge is 0.190 e. The number of rotatable bonds is 4. The third-order valence-corrected chi connectivity index (χ3v) is 2.20. The van der Waals surface area contributed by atoms with Crippen molar-refractivity contribution >= 4 is 0 Å². The molecule has 1 aromatic rings. The van der Waals surface area contributed by atoms with E-state index in [-0.39, 0.29) is 24.3 Å². The Morgan fingerprint density at radius 1 is 1.27 bits per heavy atom. The zero-order valence-corrected chi connectivity index (χ0v) is 8.84. The van der Waals surface area contributed by atoms with E-state index in [0.717, 1.165) is 12.1 Å². The monoisotopic (exact) mass is 215 g/mol. The first-order valence-corrected chi connectivity index (χ1v) is 4.84. The molecule has 0 bridgehead atoms. The highest BCUT2D eigenvalue weighted by Crippen LogP contribution is 2.21. The van der Waals surface area contributed by atoms with Crippen molar-refractivity contribution in [1.82, 2.24) is 0 Å². The van der Waals surface area contributed by atoms with Gasteiger partial charge in [-0.25, -0.2) is 8.78 Å². The van der Waals surface area contributed by atoms with Gasteiger partial charge in [0.2, 0.25) is 0 Å². The van der Waals surface area contributed by atoms with Gasteiger partial charge in [0.25, 0.3) is 0 Å². The molecule has 0 saturated heterocycles.